The highest BCUT2D eigenvalue weighted by atomic mass is 16.3. The molecule has 0 saturated heterocycles. The van der Waals surface area contributed by atoms with E-state index in [1.165, 1.54) is 278 Å². The van der Waals surface area contributed by atoms with Crippen molar-refractivity contribution in [3.8, 4) is 83.8 Å². The zero-order chi connectivity index (χ0) is 93.4. The molecule has 24 aromatic rings. The van der Waals surface area contributed by atoms with E-state index < -0.39 is 0 Å². The van der Waals surface area contributed by atoms with Gasteiger partial charge in [-0.2, -0.15) is 0 Å². The van der Waals surface area contributed by atoms with Gasteiger partial charge in [-0.05, 0) is 395 Å². The van der Waals surface area contributed by atoms with Crippen LogP contribution in [0.1, 0.15) is 130 Å². The van der Waals surface area contributed by atoms with Gasteiger partial charge >= 0.3 is 0 Å². The summed E-state index contributed by atoms with van der Waals surface area (Å²) >= 11 is 0. The lowest BCUT2D eigenvalue weighted by Crippen LogP contribution is -2.55. The highest BCUT2D eigenvalue weighted by Crippen LogP contribution is 2.74. The lowest BCUT2D eigenvalue weighted by Gasteiger charge is -2.61. The second kappa shape index (κ2) is 29.5. The number of furan rings is 3. The number of aromatic nitrogens is 3. The molecule has 6 aromatic heterocycles. The molecule has 144 heavy (non-hydrogen) atoms. The smallest absolute Gasteiger partial charge is 0.136 e. The number of para-hydroxylation sites is 6. The number of fused-ring (bicyclic) bond motifs is 27. The Kier molecular flexibility index (Phi) is 16.5. The van der Waals surface area contributed by atoms with E-state index in [-0.39, 0.29) is 16.2 Å². The lowest BCUT2D eigenvalue weighted by atomic mass is 9.43. The highest BCUT2D eigenvalue weighted by Gasteiger charge is 2.65. The number of rotatable bonds is 6. The zero-order valence-corrected chi connectivity index (χ0v) is 80.5. The predicted octanol–water partition coefficient (Wildman–Crippen LogP) is 36.2. The summed E-state index contributed by atoms with van der Waals surface area (Å²) in [5, 5.41) is 14.8. The van der Waals surface area contributed by atoms with E-state index in [4.69, 9.17) is 13.3 Å². The molecule has 690 valence electrons. The van der Waals surface area contributed by atoms with Crippen molar-refractivity contribution in [2.75, 3.05) is 0 Å². The summed E-state index contributed by atoms with van der Waals surface area (Å²) in [4.78, 5) is 0. The zero-order valence-electron chi connectivity index (χ0n) is 80.5. The summed E-state index contributed by atoms with van der Waals surface area (Å²) in [5.74, 6) is 10.2. The van der Waals surface area contributed by atoms with Gasteiger partial charge in [0.1, 0.15) is 33.5 Å². The average molecular weight is 1850 g/mol. The van der Waals surface area contributed by atoms with Gasteiger partial charge in [0.05, 0.1) is 33.1 Å². The van der Waals surface area contributed by atoms with E-state index in [0.29, 0.717) is 0 Å². The van der Waals surface area contributed by atoms with Crippen molar-refractivity contribution in [1.82, 2.24) is 13.7 Å². The number of hydrogen-bond acceptors (Lipinski definition) is 3. The lowest BCUT2D eigenvalue weighted by molar-refractivity contribution is -0.0399. The molecule has 12 bridgehead atoms. The van der Waals surface area contributed by atoms with Crippen LogP contribution in [-0.4, -0.2) is 13.7 Å². The molecule has 0 aliphatic heterocycles. The molecule has 3 spiro atoms. The third kappa shape index (κ3) is 10.8. The van der Waals surface area contributed by atoms with Gasteiger partial charge in [-0.15, -0.1) is 0 Å². The summed E-state index contributed by atoms with van der Waals surface area (Å²) in [6.07, 6.45) is 21.3. The van der Waals surface area contributed by atoms with Crippen LogP contribution in [0.5, 0.6) is 0 Å². The fourth-order valence-electron chi connectivity index (χ4n) is 35.1. The second-order valence-electron chi connectivity index (χ2n) is 45.9. The van der Waals surface area contributed by atoms with Crippen molar-refractivity contribution < 1.29 is 13.3 Å². The molecule has 0 unspecified atom stereocenters. The minimum atomic E-state index is 0.154. The van der Waals surface area contributed by atoms with E-state index in [2.05, 4.69) is 378 Å². The van der Waals surface area contributed by atoms with Gasteiger partial charge in [0.15, 0.2) is 0 Å². The molecule has 15 aliphatic carbocycles. The number of nitrogens with zero attached hydrogens (tertiary/aromatic N) is 3. The van der Waals surface area contributed by atoms with Crippen molar-refractivity contribution in [1.29, 1.82) is 0 Å². The van der Waals surface area contributed by atoms with Crippen LogP contribution >= 0.6 is 0 Å². The molecular formula is C138H105N3O3. The van der Waals surface area contributed by atoms with E-state index in [9.17, 15) is 0 Å². The van der Waals surface area contributed by atoms with E-state index in [1.54, 1.807) is 33.4 Å². The van der Waals surface area contributed by atoms with Gasteiger partial charge < -0.3 is 27.0 Å². The average Bonchev–Trinajstić information content (AvgIpc) is 1.50. The van der Waals surface area contributed by atoms with Crippen LogP contribution in [0.2, 0.25) is 0 Å². The Balaban J connectivity index is 0.0000000932. The maximum Gasteiger partial charge on any atom is 0.136 e. The molecule has 6 nitrogen and oxygen atoms in total. The van der Waals surface area contributed by atoms with Crippen LogP contribution < -0.4 is 0 Å². The maximum atomic E-state index is 6.35. The number of benzene rings is 18. The van der Waals surface area contributed by atoms with E-state index >= 15 is 0 Å². The van der Waals surface area contributed by atoms with Gasteiger partial charge in [0, 0.05) is 97.9 Å². The van der Waals surface area contributed by atoms with Crippen molar-refractivity contribution in [2.45, 2.75) is 113 Å². The standard InChI is InChI=1S/3C46H35NO/c1-4-12-39-34(8-1)35-18-17-32(26-40(35)46(39)30-21-27-20-28(23-30)24-31(46)22-27)47-41-13-5-2-10-37(41)45-33(11-7-14-42(45)47)29-16-19-44-38(25-29)36-9-3-6-15-43(36)48-44;1-4-12-39-34(8-1)35-19-17-32(26-40(35)46(39)30-21-27-20-28(23-30)24-31(46)22-27)47-41-13-5-2-10-38(41)45-33(11-7-14-42(45)47)29-16-18-37-36-9-3-6-15-43(36)48-44(37)25-29;1-4-12-39-34(8-1)35-18-17-32(26-40(35)46(39)30-21-27-20-28(23-30)24-31(46)22-27)47-41-13-5-2-9-36(41)38-25-29(16-19-42(38)47)33-11-7-15-44-45(33)37-10-3-6-14-43(37)48-44/h3*1-19,25-28,30-31H,20-24H2. The number of hydrogen-bond donors (Lipinski definition) is 0. The second-order valence-corrected chi connectivity index (χ2v) is 45.9. The molecule has 12 saturated carbocycles. The fraction of sp³-hybridized carbons (Fsp3) is 0.217. The van der Waals surface area contributed by atoms with Gasteiger partial charge in [-0.25, -0.2) is 0 Å². The molecular weight excluding hydrogens is 1750 g/mol. The summed E-state index contributed by atoms with van der Waals surface area (Å²) in [6.45, 7) is 0. The quantitative estimate of drug-likeness (QED) is 0.167. The van der Waals surface area contributed by atoms with Crippen LogP contribution in [0.4, 0.5) is 0 Å². The molecule has 18 aromatic carbocycles. The summed E-state index contributed by atoms with van der Waals surface area (Å²) < 4.78 is 26.5. The molecule has 0 amide bonds. The minimum absolute atomic E-state index is 0.154. The van der Waals surface area contributed by atoms with Crippen molar-refractivity contribution in [3.05, 3.63) is 416 Å². The van der Waals surface area contributed by atoms with Gasteiger partial charge in [-0.3, -0.25) is 0 Å². The first-order valence-electron chi connectivity index (χ1n) is 53.8. The van der Waals surface area contributed by atoms with Gasteiger partial charge in [-0.1, -0.05) is 255 Å². The molecule has 39 rings (SSSR count). The monoisotopic (exact) mass is 1850 g/mol. The molecule has 12 fully saturated rings. The van der Waals surface area contributed by atoms with Crippen LogP contribution in [0, 0.1) is 71.0 Å². The molecule has 6 heteroatoms. The molecule has 0 N–H and O–H groups in total. The molecule has 0 radical (unpaired) electrons. The third-order valence-corrected chi connectivity index (χ3v) is 39.5. The highest BCUT2D eigenvalue weighted by molar-refractivity contribution is 6.20. The van der Waals surface area contributed by atoms with Crippen LogP contribution in [-0.2, 0) is 16.2 Å². The van der Waals surface area contributed by atoms with Crippen LogP contribution in [0.3, 0.4) is 0 Å². The molecule has 15 aliphatic rings. The largest absolute Gasteiger partial charge is 0.456 e. The van der Waals surface area contributed by atoms with Crippen LogP contribution in [0.15, 0.2) is 395 Å². The normalized spacial score (nSPS) is 25.2. The van der Waals surface area contributed by atoms with Gasteiger partial charge in [0.25, 0.3) is 0 Å². The van der Waals surface area contributed by atoms with Crippen molar-refractivity contribution in [3.63, 3.8) is 0 Å². The Bertz CT molecular complexity index is 9610. The van der Waals surface area contributed by atoms with Crippen molar-refractivity contribution >= 4 is 131 Å². The Morgan fingerprint density at radius 1 is 0.167 bits per heavy atom. The fourth-order valence-corrected chi connectivity index (χ4v) is 35.1. The van der Waals surface area contributed by atoms with E-state index in [1.807, 2.05) is 18.2 Å². The maximum absolute atomic E-state index is 6.35. The first-order chi connectivity index (χ1) is 71.3. The summed E-state index contributed by atoms with van der Waals surface area (Å²) in [7, 11) is 0. The third-order valence-electron chi connectivity index (χ3n) is 39.5. The Morgan fingerprint density at radius 3 is 0.931 bits per heavy atom. The minimum Gasteiger partial charge on any atom is -0.456 e. The Labute approximate surface area is 835 Å². The van der Waals surface area contributed by atoms with Crippen LogP contribution in [0.25, 0.3) is 215 Å². The summed E-state index contributed by atoms with van der Waals surface area (Å²) in [6, 6.07) is 144. The first kappa shape index (κ1) is 80.3. The Hall–Kier alpha value is -15.2. The van der Waals surface area contributed by atoms with Gasteiger partial charge in [0.2, 0.25) is 0 Å². The molecule has 0 atom stereocenters. The van der Waals surface area contributed by atoms with Crippen molar-refractivity contribution in [2.24, 2.45) is 71.0 Å². The molecule has 6 heterocycles. The summed E-state index contributed by atoms with van der Waals surface area (Å²) in [5.41, 5.74) is 43.5. The SMILES string of the molecule is c1ccc2c(c1)-c1ccc(-n3c4ccccc4c4c(-c5ccc6c(c5)oc5ccccc56)cccc43)cc1C21C2CC3CC(C2)CC1C3.c1ccc2c(c1)-c1ccc(-n3c4ccccc4c4c(-c5ccc6oc7ccccc7c6c5)cccc43)cc1C21C2CC3CC(C2)CC1C3.c1ccc2c(c1)-c1ccc(-n3c4ccccc4c4cc(-c5cccc6oc7ccccc7c56)ccc43)cc1C21C2CC3CC(C2)CC1C3. The Morgan fingerprint density at radius 2 is 0.458 bits per heavy atom. The first-order valence-corrected chi connectivity index (χ1v) is 53.8. The predicted molar refractivity (Wildman–Crippen MR) is 590 cm³/mol. The van der Waals surface area contributed by atoms with E-state index in [0.717, 1.165) is 105 Å². The topological polar surface area (TPSA) is 54.2 Å².